The Morgan fingerprint density at radius 2 is 2.00 bits per heavy atom. The topological polar surface area (TPSA) is 21.3 Å². The van der Waals surface area contributed by atoms with E-state index in [4.69, 9.17) is 4.74 Å². The number of rotatable bonds is 2. The van der Waals surface area contributed by atoms with Crippen molar-refractivity contribution in [3.05, 3.63) is 65.0 Å². The van der Waals surface area contributed by atoms with Crippen LogP contribution in [-0.4, -0.2) is 13.7 Å². The minimum Gasteiger partial charge on any atom is -0.497 e. The van der Waals surface area contributed by atoms with Crippen LogP contribution in [0.1, 0.15) is 36.6 Å². The third-order valence-electron chi connectivity index (χ3n) is 4.23. The first-order valence-corrected chi connectivity index (χ1v) is 7.18. The van der Waals surface area contributed by atoms with Crippen molar-refractivity contribution in [1.82, 2.24) is 5.32 Å². The molecule has 0 saturated heterocycles. The number of fused-ring (bicyclic) bond motifs is 1. The zero-order valence-electron chi connectivity index (χ0n) is 12.6. The molecule has 0 aromatic heterocycles. The lowest BCUT2D eigenvalue weighted by molar-refractivity contribution is 0.391. The Labute approximate surface area is 125 Å². The monoisotopic (exact) mass is 285 g/mol. The Hall–Kier alpha value is -1.87. The molecule has 1 aliphatic rings. The molecule has 0 radical (unpaired) electrons. The molecule has 21 heavy (non-hydrogen) atoms. The maximum absolute atomic E-state index is 13.5. The van der Waals surface area contributed by atoms with Crippen molar-refractivity contribution in [2.24, 2.45) is 0 Å². The summed E-state index contributed by atoms with van der Waals surface area (Å²) >= 11 is 0. The largest absolute Gasteiger partial charge is 0.497 e. The highest BCUT2D eigenvalue weighted by atomic mass is 19.1. The first-order valence-electron chi connectivity index (χ1n) is 7.18. The summed E-state index contributed by atoms with van der Waals surface area (Å²) in [7, 11) is 1.68. The SMILES string of the molecule is COc1ccc2c(c1)C(C)(C)CNC2c1cccc(F)c1. The van der Waals surface area contributed by atoms with Gasteiger partial charge in [-0.05, 0) is 41.0 Å². The van der Waals surface area contributed by atoms with Crippen molar-refractivity contribution < 1.29 is 9.13 Å². The molecule has 110 valence electrons. The van der Waals surface area contributed by atoms with Gasteiger partial charge in [0.2, 0.25) is 0 Å². The van der Waals surface area contributed by atoms with Gasteiger partial charge in [0.15, 0.2) is 0 Å². The lowest BCUT2D eigenvalue weighted by atomic mass is 9.75. The number of methoxy groups -OCH3 is 1. The molecule has 1 aliphatic heterocycles. The van der Waals surface area contributed by atoms with Crippen molar-refractivity contribution in [3.63, 3.8) is 0 Å². The zero-order valence-corrected chi connectivity index (χ0v) is 12.6. The van der Waals surface area contributed by atoms with E-state index in [2.05, 4.69) is 31.3 Å². The predicted octanol–water partition coefficient (Wildman–Crippen LogP) is 3.80. The summed E-state index contributed by atoms with van der Waals surface area (Å²) in [5, 5.41) is 3.54. The summed E-state index contributed by atoms with van der Waals surface area (Å²) in [5.41, 5.74) is 3.43. The Balaban J connectivity index is 2.11. The molecule has 1 N–H and O–H groups in total. The van der Waals surface area contributed by atoms with Crippen LogP contribution in [0.25, 0.3) is 0 Å². The van der Waals surface area contributed by atoms with Crippen molar-refractivity contribution >= 4 is 0 Å². The first-order chi connectivity index (χ1) is 10.0. The van der Waals surface area contributed by atoms with Crippen LogP contribution in [0, 0.1) is 5.82 Å². The van der Waals surface area contributed by atoms with Gasteiger partial charge in [-0.3, -0.25) is 0 Å². The van der Waals surface area contributed by atoms with Gasteiger partial charge in [-0.15, -0.1) is 0 Å². The summed E-state index contributed by atoms with van der Waals surface area (Å²) < 4.78 is 18.9. The van der Waals surface area contributed by atoms with E-state index in [0.717, 1.165) is 17.9 Å². The zero-order chi connectivity index (χ0) is 15.0. The fraction of sp³-hybridized carbons (Fsp3) is 0.333. The van der Waals surface area contributed by atoms with E-state index in [1.54, 1.807) is 19.2 Å². The number of hydrogen-bond acceptors (Lipinski definition) is 2. The second-order valence-electron chi connectivity index (χ2n) is 6.21. The van der Waals surface area contributed by atoms with E-state index in [1.165, 1.54) is 17.2 Å². The van der Waals surface area contributed by atoms with Crippen LogP contribution in [-0.2, 0) is 5.41 Å². The standard InChI is InChI=1S/C18H20FNO/c1-18(2)11-20-17(12-5-4-6-13(19)9-12)15-8-7-14(21-3)10-16(15)18/h4-10,17,20H,11H2,1-3H3. The second-order valence-corrected chi connectivity index (χ2v) is 6.21. The summed E-state index contributed by atoms with van der Waals surface area (Å²) in [6.45, 7) is 5.26. The van der Waals surface area contributed by atoms with Crippen molar-refractivity contribution in [2.45, 2.75) is 25.3 Å². The summed E-state index contributed by atoms with van der Waals surface area (Å²) in [6.07, 6.45) is 0. The van der Waals surface area contributed by atoms with Gasteiger partial charge in [0.05, 0.1) is 13.2 Å². The van der Waals surface area contributed by atoms with Crippen LogP contribution in [0.3, 0.4) is 0 Å². The van der Waals surface area contributed by atoms with E-state index in [9.17, 15) is 4.39 Å². The molecule has 2 aromatic carbocycles. The molecule has 2 aromatic rings. The highest BCUT2D eigenvalue weighted by molar-refractivity contribution is 5.47. The van der Waals surface area contributed by atoms with Gasteiger partial charge in [-0.1, -0.05) is 32.0 Å². The molecule has 0 spiro atoms. The second kappa shape index (κ2) is 5.15. The fourth-order valence-electron chi connectivity index (χ4n) is 3.05. The first kappa shape index (κ1) is 14.1. The fourth-order valence-corrected chi connectivity index (χ4v) is 3.05. The molecule has 3 rings (SSSR count). The van der Waals surface area contributed by atoms with Gasteiger partial charge in [-0.2, -0.15) is 0 Å². The van der Waals surface area contributed by atoms with Gasteiger partial charge in [0.1, 0.15) is 11.6 Å². The average Bonchev–Trinajstić information content (AvgIpc) is 2.47. The van der Waals surface area contributed by atoms with Crippen LogP contribution in [0.15, 0.2) is 42.5 Å². The van der Waals surface area contributed by atoms with Gasteiger partial charge in [0, 0.05) is 12.0 Å². The van der Waals surface area contributed by atoms with Gasteiger partial charge in [-0.25, -0.2) is 4.39 Å². The normalized spacial score (nSPS) is 19.9. The molecular formula is C18H20FNO. The maximum atomic E-state index is 13.5. The molecule has 0 aliphatic carbocycles. The summed E-state index contributed by atoms with van der Waals surface area (Å²) in [6, 6.07) is 13.0. The van der Waals surface area contributed by atoms with Gasteiger partial charge < -0.3 is 10.1 Å². The van der Waals surface area contributed by atoms with E-state index < -0.39 is 0 Å². The molecule has 1 atom stereocenters. The van der Waals surface area contributed by atoms with Crippen LogP contribution in [0.2, 0.25) is 0 Å². The Morgan fingerprint density at radius 1 is 1.19 bits per heavy atom. The average molecular weight is 285 g/mol. The molecule has 1 unspecified atom stereocenters. The van der Waals surface area contributed by atoms with E-state index in [0.29, 0.717) is 0 Å². The molecule has 3 heteroatoms. The van der Waals surface area contributed by atoms with Crippen LogP contribution >= 0.6 is 0 Å². The van der Waals surface area contributed by atoms with Gasteiger partial charge >= 0.3 is 0 Å². The number of nitrogens with one attached hydrogen (secondary N) is 1. The molecular weight excluding hydrogens is 265 g/mol. The number of benzene rings is 2. The van der Waals surface area contributed by atoms with E-state index in [-0.39, 0.29) is 17.3 Å². The molecule has 2 nitrogen and oxygen atoms in total. The Kier molecular flexibility index (Phi) is 3.46. The maximum Gasteiger partial charge on any atom is 0.123 e. The predicted molar refractivity (Wildman–Crippen MR) is 82.3 cm³/mol. The van der Waals surface area contributed by atoms with Crippen molar-refractivity contribution in [2.75, 3.05) is 13.7 Å². The van der Waals surface area contributed by atoms with Crippen molar-refractivity contribution in [3.8, 4) is 5.75 Å². The minimum absolute atomic E-state index is 0.0215. The number of halogens is 1. The molecule has 0 amide bonds. The number of hydrogen-bond donors (Lipinski definition) is 1. The van der Waals surface area contributed by atoms with Crippen LogP contribution < -0.4 is 10.1 Å². The van der Waals surface area contributed by atoms with Crippen LogP contribution in [0.5, 0.6) is 5.75 Å². The van der Waals surface area contributed by atoms with Gasteiger partial charge in [0.25, 0.3) is 0 Å². The van der Waals surface area contributed by atoms with Crippen LogP contribution in [0.4, 0.5) is 4.39 Å². The summed E-state index contributed by atoms with van der Waals surface area (Å²) in [4.78, 5) is 0. The number of ether oxygens (including phenoxy) is 1. The molecule has 0 saturated carbocycles. The Bertz CT molecular complexity index is 666. The highest BCUT2D eigenvalue weighted by Crippen LogP contribution is 2.39. The molecule has 1 heterocycles. The third kappa shape index (κ3) is 2.54. The lowest BCUT2D eigenvalue weighted by Crippen LogP contribution is -2.42. The lowest BCUT2D eigenvalue weighted by Gasteiger charge is -2.38. The Morgan fingerprint density at radius 3 is 2.71 bits per heavy atom. The highest BCUT2D eigenvalue weighted by Gasteiger charge is 2.33. The molecule has 0 fully saturated rings. The van der Waals surface area contributed by atoms with Crippen molar-refractivity contribution in [1.29, 1.82) is 0 Å². The van der Waals surface area contributed by atoms with E-state index >= 15 is 0 Å². The van der Waals surface area contributed by atoms with E-state index in [1.807, 2.05) is 12.1 Å². The smallest absolute Gasteiger partial charge is 0.123 e. The summed E-state index contributed by atoms with van der Waals surface area (Å²) in [5.74, 6) is 0.663. The third-order valence-corrected chi connectivity index (χ3v) is 4.23. The minimum atomic E-state index is -0.200. The molecule has 0 bridgehead atoms. The quantitative estimate of drug-likeness (QED) is 0.906.